The molecule has 0 saturated heterocycles. The summed E-state index contributed by atoms with van der Waals surface area (Å²) in [6.07, 6.45) is 0. The third-order valence-electron chi connectivity index (χ3n) is 6.12. The molecule has 0 amide bonds. The number of hydrogen-bond donors (Lipinski definition) is 1. The van der Waals surface area contributed by atoms with Crippen molar-refractivity contribution in [3.8, 4) is 29.1 Å². The third-order valence-corrected chi connectivity index (χ3v) is 6.38. The Morgan fingerprint density at radius 3 is 2.27 bits per heavy atom. The Kier molecular flexibility index (Phi) is 7.85. The second-order valence-electron chi connectivity index (χ2n) is 8.83. The van der Waals surface area contributed by atoms with Gasteiger partial charge in [-0.15, -0.1) is 0 Å². The van der Waals surface area contributed by atoms with E-state index in [0.717, 1.165) is 11.1 Å². The van der Waals surface area contributed by atoms with Crippen LogP contribution in [0.1, 0.15) is 22.6 Å². The summed E-state index contributed by atoms with van der Waals surface area (Å²) in [4.78, 5) is 12.3. The number of allylic oxidation sites excluding steroid dienone is 1. The molecule has 0 aliphatic carbocycles. The van der Waals surface area contributed by atoms with Gasteiger partial charge in [0.25, 0.3) is 0 Å². The zero-order chi connectivity index (χ0) is 28.1. The molecule has 0 aromatic heterocycles. The van der Waals surface area contributed by atoms with E-state index in [2.05, 4.69) is 6.07 Å². The Morgan fingerprint density at radius 2 is 1.57 bits per heavy atom. The van der Waals surface area contributed by atoms with Crippen LogP contribution in [0.2, 0.25) is 5.02 Å². The Hall–Kier alpha value is -5.00. The summed E-state index contributed by atoms with van der Waals surface area (Å²) in [5, 5.41) is 10.5. The van der Waals surface area contributed by atoms with E-state index in [9.17, 15) is 14.4 Å². The van der Waals surface area contributed by atoms with Crippen LogP contribution in [0.25, 0.3) is 0 Å². The average molecular weight is 557 g/mol. The summed E-state index contributed by atoms with van der Waals surface area (Å²) < 4.78 is 35.3. The lowest BCUT2D eigenvalue weighted by Crippen LogP contribution is -2.21. The summed E-state index contributed by atoms with van der Waals surface area (Å²) in [5.41, 5.74) is 8.84. The van der Waals surface area contributed by atoms with Crippen molar-refractivity contribution in [2.24, 2.45) is 5.73 Å². The number of rotatable bonds is 8. The van der Waals surface area contributed by atoms with Gasteiger partial charge in [0.05, 0.1) is 5.92 Å². The Bertz CT molecular complexity index is 1600. The van der Waals surface area contributed by atoms with Crippen molar-refractivity contribution in [3.63, 3.8) is 0 Å². The van der Waals surface area contributed by atoms with Crippen molar-refractivity contribution in [2.45, 2.75) is 12.5 Å². The van der Waals surface area contributed by atoms with Gasteiger partial charge in [-0.3, -0.25) is 0 Å². The lowest BCUT2D eigenvalue weighted by atomic mass is 9.83. The number of nitriles is 1. The van der Waals surface area contributed by atoms with Gasteiger partial charge < -0.3 is 24.7 Å². The number of esters is 1. The summed E-state index contributed by atoms with van der Waals surface area (Å²) in [6, 6.07) is 27.1. The molecule has 1 aliphatic heterocycles. The monoisotopic (exact) mass is 556 g/mol. The van der Waals surface area contributed by atoms with Crippen LogP contribution in [-0.4, -0.2) is 12.6 Å². The van der Waals surface area contributed by atoms with Crippen LogP contribution in [0.15, 0.2) is 102 Å². The number of carbonyl (C=O) groups is 1. The number of benzene rings is 4. The van der Waals surface area contributed by atoms with E-state index in [1.54, 1.807) is 24.3 Å². The van der Waals surface area contributed by atoms with Crippen molar-refractivity contribution in [1.82, 2.24) is 0 Å². The molecule has 0 radical (unpaired) electrons. The van der Waals surface area contributed by atoms with E-state index in [0.29, 0.717) is 34.4 Å². The number of fused-ring (bicyclic) bond motifs is 1. The minimum Gasteiger partial charge on any atom is -0.489 e. The minimum absolute atomic E-state index is 0.0359. The van der Waals surface area contributed by atoms with Crippen LogP contribution in [-0.2, 0) is 11.4 Å². The van der Waals surface area contributed by atoms with Gasteiger partial charge in [-0.25, -0.2) is 9.18 Å². The van der Waals surface area contributed by atoms with Gasteiger partial charge in [0.2, 0.25) is 5.88 Å². The van der Waals surface area contributed by atoms with Gasteiger partial charge in [0, 0.05) is 16.7 Å². The fourth-order valence-corrected chi connectivity index (χ4v) is 4.31. The second kappa shape index (κ2) is 11.8. The number of nitrogens with zero attached hydrogens (tertiary/aromatic N) is 1. The van der Waals surface area contributed by atoms with Gasteiger partial charge in [0.1, 0.15) is 47.1 Å². The standard InChI is InChI=1S/C31H22ClFN2O5/c32-21-5-1-19(2-6-21)17-37-23-9-3-20(4-10-23)30-26-14-13-25(15-28(26)40-31(35)27(30)16-34)39-29(36)18-38-24-11-7-22(33)8-12-24/h1-15,30H,17-18,35H2. The first-order chi connectivity index (χ1) is 19.4. The second-order valence-corrected chi connectivity index (χ2v) is 9.26. The molecular formula is C31H22ClFN2O5. The van der Waals surface area contributed by atoms with Crippen LogP contribution in [0.4, 0.5) is 4.39 Å². The lowest BCUT2D eigenvalue weighted by Gasteiger charge is -2.26. The van der Waals surface area contributed by atoms with Gasteiger partial charge in [-0.1, -0.05) is 41.9 Å². The zero-order valence-corrected chi connectivity index (χ0v) is 21.7. The predicted molar refractivity (Wildman–Crippen MR) is 145 cm³/mol. The molecule has 40 heavy (non-hydrogen) atoms. The molecule has 200 valence electrons. The van der Waals surface area contributed by atoms with Crippen molar-refractivity contribution < 1.29 is 28.1 Å². The maximum atomic E-state index is 13.0. The summed E-state index contributed by atoms with van der Waals surface area (Å²) in [7, 11) is 0. The van der Waals surface area contributed by atoms with Crippen LogP contribution in [0.3, 0.4) is 0 Å². The normalized spacial score (nSPS) is 14.0. The Balaban J connectivity index is 1.29. The number of hydrogen-bond acceptors (Lipinski definition) is 7. The van der Waals surface area contributed by atoms with E-state index >= 15 is 0 Å². The highest BCUT2D eigenvalue weighted by atomic mass is 35.5. The molecule has 5 rings (SSSR count). The quantitative estimate of drug-likeness (QED) is 0.202. The summed E-state index contributed by atoms with van der Waals surface area (Å²) in [6.45, 7) is 0.00259. The topological polar surface area (TPSA) is 104 Å². The molecule has 4 aromatic rings. The molecule has 9 heteroatoms. The van der Waals surface area contributed by atoms with E-state index in [4.69, 9.17) is 36.3 Å². The molecule has 7 nitrogen and oxygen atoms in total. The fourth-order valence-electron chi connectivity index (χ4n) is 4.18. The molecule has 1 heterocycles. The fraction of sp³-hybridized carbons (Fsp3) is 0.0968. The Labute approximate surface area is 234 Å². The molecule has 1 aliphatic rings. The van der Waals surface area contributed by atoms with E-state index in [1.807, 2.05) is 36.4 Å². The van der Waals surface area contributed by atoms with Crippen LogP contribution >= 0.6 is 11.6 Å². The molecule has 0 spiro atoms. The smallest absolute Gasteiger partial charge is 0.349 e. The molecule has 1 unspecified atom stereocenters. The number of carbonyl (C=O) groups excluding carboxylic acids is 1. The first kappa shape index (κ1) is 26.6. The van der Waals surface area contributed by atoms with E-state index in [1.165, 1.54) is 30.3 Å². The van der Waals surface area contributed by atoms with Crippen molar-refractivity contribution in [2.75, 3.05) is 6.61 Å². The number of nitrogens with two attached hydrogens (primary N) is 1. The molecular weight excluding hydrogens is 535 g/mol. The van der Waals surface area contributed by atoms with Gasteiger partial charge in [0.15, 0.2) is 6.61 Å². The molecule has 0 bridgehead atoms. The maximum absolute atomic E-state index is 13.0. The summed E-state index contributed by atoms with van der Waals surface area (Å²) >= 11 is 5.94. The van der Waals surface area contributed by atoms with Crippen LogP contribution < -0.4 is 24.7 Å². The third kappa shape index (κ3) is 6.17. The first-order valence-corrected chi connectivity index (χ1v) is 12.5. The molecule has 1 atom stereocenters. The highest BCUT2D eigenvalue weighted by Gasteiger charge is 2.31. The van der Waals surface area contributed by atoms with E-state index in [-0.39, 0.29) is 23.8 Å². The van der Waals surface area contributed by atoms with Crippen LogP contribution in [0, 0.1) is 17.1 Å². The van der Waals surface area contributed by atoms with Crippen molar-refractivity contribution >= 4 is 17.6 Å². The first-order valence-electron chi connectivity index (χ1n) is 12.2. The largest absolute Gasteiger partial charge is 0.489 e. The van der Waals surface area contributed by atoms with Gasteiger partial charge in [-0.2, -0.15) is 5.26 Å². The van der Waals surface area contributed by atoms with Gasteiger partial charge in [-0.05, 0) is 65.7 Å². The number of halogens is 2. The van der Waals surface area contributed by atoms with Crippen molar-refractivity contribution in [1.29, 1.82) is 5.26 Å². The molecule has 0 saturated carbocycles. The van der Waals surface area contributed by atoms with Gasteiger partial charge >= 0.3 is 5.97 Å². The van der Waals surface area contributed by atoms with Crippen molar-refractivity contribution in [3.05, 3.63) is 130 Å². The lowest BCUT2D eigenvalue weighted by molar-refractivity contribution is -0.136. The molecule has 2 N–H and O–H groups in total. The number of ether oxygens (including phenoxy) is 4. The highest BCUT2D eigenvalue weighted by molar-refractivity contribution is 6.30. The van der Waals surface area contributed by atoms with E-state index < -0.39 is 17.7 Å². The minimum atomic E-state index is -0.660. The predicted octanol–water partition coefficient (Wildman–Crippen LogP) is 6.26. The Morgan fingerprint density at radius 1 is 0.925 bits per heavy atom. The summed E-state index contributed by atoms with van der Waals surface area (Å²) in [5.74, 6) is -0.0407. The zero-order valence-electron chi connectivity index (χ0n) is 21.0. The maximum Gasteiger partial charge on any atom is 0.349 e. The molecule has 4 aromatic carbocycles. The van der Waals surface area contributed by atoms with Crippen LogP contribution in [0.5, 0.6) is 23.0 Å². The SMILES string of the molecule is N#CC1=C(N)Oc2cc(OC(=O)COc3ccc(F)cc3)ccc2C1c1ccc(OCc2ccc(Cl)cc2)cc1. The average Bonchev–Trinajstić information content (AvgIpc) is 2.96. The molecule has 0 fully saturated rings. The highest BCUT2D eigenvalue weighted by Crippen LogP contribution is 2.43.